The molecule has 0 aromatic carbocycles. The van der Waals surface area contributed by atoms with E-state index in [1.807, 2.05) is 0 Å². The first kappa shape index (κ1) is 23.7. The summed E-state index contributed by atoms with van der Waals surface area (Å²) in [6, 6.07) is -1.42. The lowest BCUT2D eigenvalue weighted by atomic mass is 9.95. The topological polar surface area (TPSA) is 137 Å². The van der Waals surface area contributed by atoms with Gasteiger partial charge in [-0.1, -0.05) is 13.8 Å². The minimum absolute atomic E-state index is 0.0820. The van der Waals surface area contributed by atoms with E-state index in [9.17, 15) is 32.3 Å². The number of nitrogens with two attached hydrogens (primary N) is 1. The number of hydrogen-bond acceptors (Lipinski definition) is 6. The fraction of sp³-hybridized carbons (Fsp3) is 0.750. The van der Waals surface area contributed by atoms with Crippen molar-refractivity contribution in [3.63, 3.8) is 0 Å². The van der Waals surface area contributed by atoms with Gasteiger partial charge >= 0.3 is 12.5 Å². The zero-order valence-electron chi connectivity index (χ0n) is 15.5. The third-order valence-corrected chi connectivity index (χ3v) is 4.00. The SMILES string of the molecule is CC(C)CC(OC(N)=O)C(=O)NC(CC1CCNC1=O)C(=O)COC(F)(F)F. The molecule has 4 N–H and O–H groups in total. The van der Waals surface area contributed by atoms with Crippen molar-refractivity contribution in [3.05, 3.63) is 0 Å². The Morgan fingerprint density at radius 2 is 1.96 bits per heavy atom. The Bertz CT molecular complexity index is 597. The quantitative estimate of drug-likeness (QED) is 0.482. The van der Waals surface area contributed by atoms with Crippen molar-refractivity contribution in [1.29, 1.82) is 0 Å². The van der Waals surface area contributed by atoms with E-state index < -0.39 is 48.8 Å². The van der Waals surface area contributed by atoms with E-state index in [2.05, 4.69) is 15.4 Å². The molecule has 28 heavy (non-hydrogen) atoms. The third kappa shape index (κ3) is 8.55. The molecule has 0 radical (unpaired) electrons. The number of halogens is 3. The van der Waals surface area contributed by atoms with Gasteiger partial charge in [0.2, 0.25) is 5.91 Å². The predicted octanol–water partition coefficient (Wildman–Crippen LogP) is 0.613. The molecule has 0 aromatic heterocycles. The van der Waals surface area contributed by atoms with Gasteiger partial charge in [0, 0.05) is 12.5 Å². The van der Waals surface area contributed by atoms with Crippen molar-refractivity contribution < 1.29 is 41.8 Å². The van der Waals surface area contributed by atoms with Crippen LogP contribution in [0.2, 0.25) is 0 Å². The highest BCUT2D eigenvalue weighted by Gasteiger charge is 2.36. The van der Waals surface area contributed by atoms with Crippen LogP contribution in [0, 0.1) is 11.8 Å². The molecule has 1 aliphatic rings. The number of amides is 3. The number of nitrogens with one attached hydrogen (secondary N) is 2. The molecule has 3 amide bonds. The summed E-state index contributed by atoms with van der Waals surface area (Å²) < 4.78 is 44.9. The van der Waals surface area contributed by atoms with Crippen LogP contribution < -0.4 is 16.4 Å². The van der Waals surface area contributed by atoms with Gasteiger partial charge in [0.25, 0.3) is 5.91 Å². The molecule has 0 aliphatic carbocycles. The Kier molecular flexibility index (Phi) is 8.66. The van der Waals surface area contributed by atoms with Crippen molar-refractivity contribution in [1.82, 2.24) is 10.6 Å². The molecule has 0 bridgehead atoms. The van der Waals surface area contributed by atoms with Crippen LogP contribution in [0.3, 0.4) is 0 Å². The number of rotatable bonds is 10. The molecule has 0 saturated carbocycles. The van der Waals surface area contributed by atoms with Gasteiger partial charge in [0.1, 0.15) is 6.61 Å². The van der Waals surface area contributed by atoms with Gasteiger partial charge < -0.3 is 21.1 Å². The molecule has 160 valence electrons. The predicted molar refractivity (Wildman–Crippen MR) is 88.6 cm³/mol. The number of alkyl halides is 3. The molecule has 1 heterocycles. The number of Topliss-reactive ketones (excluding diaryl/α,β-unsaturated/α-hetero) is 1. The number of hydrogen-bond donors (Lipinski definition) is 3. The lowest BCUT2D eigenvalue weighted by molar-refractivity contribution is -0.321. The van der Waals surface area contributed by atoms with Gasteiger partial charge in [-0.2, -0.15) is 0 Å². The first-order chi connectivity index (χ1) is 12.9. The summed E-state index contributed by atoms with van der Waals surface area (Å²) in [6.07, 6.45) is -7.31. The second kappa shape index (κ2) is 10.2. The van der Waals surface area contributed by atoms with Crippen molar-refractivity contribution in [2.24, 2.45) is 17.6 Å². The summed E-state index contributed by atoms with van der Waals surface area (Å²) in [5, 5.41) is 4.80. The van der Waals surface area contributed by atoms with E-state index in [4.69, 9.17) is 10.5 Å². The fourth-order valence-corrected chi connectivity index (χ4v) is 2.72. The molecule has 0 aromatic rings. The van der Waals surface area contributed by atoms with Crippen molar-refractivity contribution in [3.8, 4) is 0 Å². The maximum atomic E-state index is 12.4. The third-order valence-electron chi connectivity index (χ3n) is 4.00. The Labute approximate surface area is 159 Å². The summed E-state index contributed by atoms with van der Waals surface area (Å²) in [5.41, 5.74) is 4.94. The smallest absolute Gasteiger partial charge is 0.436 e. The minimum Gasteiger partial charge on any atom is -0.436 e. The first-order valence-corrected chi connectivity index (χ1v) is 8.66. The van der Waals surface area contributed by atoms with Gasteiger partial charge in [-0.25, -0.2) is 4.79 Å². The summed E-state index contributed by atoms with van der Waals surface area (Å²) >= 11 is 0. The summed E-state index contributed by atoms with van der Waals surface area (Å²) in [4.78, 5) is 47.3. The Balaban J connectivity index is 2.88. The Morgan fingerprint density at radius 3 is 2.43 bits per heavy atom. The Hall–Kier alpha value is -2.37. The van der Waals surface area contributed by atoms with E-state index in [1.54, 1.807) is 13.8 Å². The Morgan fingerprint density at radius 1 is 1.32 bits per heavy atom. The average molecular weight is 411 g/mol. The fourth-order valence-electron chi connectivity index (χ4n) is 2.72. The van der Waals surface area contributed by atoms with Gasteiger partial charge in [-0.05, 0) is 25.2 Å². The second-order valence-electron chi connectivity index (χ2n) is 6.83. The second-order valence-corrected chi connectivity index (χ2v) is 6.83. The standard InChI is InChI=1S/C16H24F3N3O6/c1-8(2)5-12(28-15(20)26)14(25)22-10(6-9-3-4-21-13(9)24)11(23)7-27-16(17,18)19/h8-10,12H,3-7H2,1-2H3,(H2,20,26)(H,21,24)(H,22,25). The van der Waals surface area contributed by atoms with E-state index in [0.29, 0.717) is 13.0 Å². The summed E-state index contributed by atoms with van der Waals surface area (Å²) in [6.45, 7) is 2.52. The van der Waals surface area contributed by atoms with Gasteiger partial charge in [-0.15, -0.1) is 13.2 Å². The average Bonchev–Trinajstić information content (AvgIpc) is 2.94. The van der Waals surface area contributed by atoms with Crippen LogP contribution in [-0.2, 0) is 23.9 Å². The first-order valence-electron chi connectivity index (χ1n) is 8.66. The van der Waals surface area contributed by atoms with Gasteiger partial charge in [0.05, 0.1) is 6.04 Å². The molecule has 1 saturated heterocycles. The van der Waals surface area contributed by atoms with Crippen LogP contribution in [0.4, 0.5) is 18.0 Å². The van der Waals surface area contributed by atoms with Crippen LogP contribution in [0.25, 0.3) is 0 Å². The lowest BCUT2D eigenvalue weighted by Crippen LogP contribution is -2.49. The molecular weight excluding hydrogens is 387 g/mol. The minimum atomic E-state index is -5.02. The van der Waals surface area contributed by atoms with Crippen LogP contribution in [0.15, 0.2) is 0 Å². The lowest BCUT2D eigenvalue weighted by Gasteiger charge is -2.24. The highest BCUT2D eigenvalue weighted by atomic mass is 19.4. The van der Waals surface area contributed by atoms with Crippen molar-refractivity contribution >= 4 is 23.7 Å². The molecule has 3 atom stereocenters. The molecule has 1 fully saturated rings. The number of primary amides is 1. The number of ketones is 1. The largest absolute Gasteiger partial charge is 0.522 e. The van der Waals surface area contributed by atoms with E-state index in [1.165, 1.54) is 0 Å². The zero-order chi connectivity index (χ0) is 21.5. The molecule has 1 aliphatic heterocycles. The van der Waals surface area contributed by atoms with Crippen molar-refractivity contribution in [2.45, 2.75) is 51.6 Å². The molecule has 9 nitrogen and oxygen atoms in total. The van der Waals surface area contributed by atoms with Crippen LogP contribution in [-0.4, -0.2) is 55.4 Å². The van der Waals surface area contributed by atoms with Crippen LogP contribution in [0.5, 0.6) is 0 Å². The van der Waals surface area contributed by atoms with E-state index in [-0.39, 0.29) is 24.7 Å². The number of carbonyl (C=O) groups is 4. The van der Waals surface area contributed by atoms with Crippen LogP contribution >= 0.6 is 0 Å². The monoisotopic (exact) mass is 411 g/mol. The van der Waals surface area contributed by atoms with Gasteiger partial charge in [0.15, 0.2) is 11.9 Å². The molecule has 3 unspecified atom stereocenters. The highest BCUT2D eigenvalue weighted by molar-refractivity contribution is 5.92. The van der Waals surface area contributed by atoms with E-state index >= 15 is 0 Å². The van der Waals surface area contributed by atoms with Crippen molar-refractivity contribution in [2.75, 3.05) is 13.2 Å². The molecule has 1 rings (SSSR count). The maximum Gasteiger partial charge on any atom is 0.522 e. The molecule has 0 spiro atoms. The molecular formula is C16H24F3N3O6. The number of carbonyl (C=O) groups excluding carboxylic acids is 4. The normalized spacial score (nSPS) is 19.1. The van der Waals surface area contributed by atoms with Crippen LogP contribution in [0.1, 0.15) is 33.1 Å². The highest BCUT2D eigenvalue weighted by Crippen LogP contribution is 2.20. The summed E-state index contributed by atoms with van der Waals surface area (Å²) in [7, 11) is 0. The number of ether oxygens (including phenoxy) is 2. The summed E-state index contributed by atoms with van der Waals surface area (Å²) in [5.74, 6) is -3.06. The van der Waals surface area contributed by atoms with Gasteiger partial charge in [-0.3, -0.25) is 19.1 Å². The molecule has 12 heteroatoms. The maximum absolute atomic E-state index is 12.4. The zero-order valence-corrected chi connectivity index (χ0v) is 15.5. The van der Waals surface area contributed by atoms with E-state index in [0.717, 1.165) is 0 Å².